The summed E-state index contributed by atoms with van der Waals surface area (Å²) in [6.07, 6.45) is 0. The summed E-state index contributed by atoms with van der Waals surface area (Å²) in [5.41, 5.74) is 7.58. The summed E-state index contributed by atoms with van der Waals surface area (Å²) in [6.45, 7) is 3.69. The van der Waals surface area contributed by atoms with Crippen LogP contribution in [0, 0.1) is 13.8 Å². The number of aromatic nitrogens is 1. The number of amides is 1. The third-order valence-corrected chi connectivity index (χ3v) is 3.66. The number of hydrogen-bond donors (Lipinski definition) is 2. The van der Waals surface area contributed by atoms with Crippen molar-refractivity contribution in [3.05, 3.63) is 33.8 Å². The molecule has 0 unspecified atom stereocenters. The van der Waals surface area contributed by atoms with Gasteiger partial charge in [-0.3, -0.25) is 4.79 Å². The molecule has 0 saturated heterocycles. The Bertz CT molecular complexity index is 622. The Morgan fingerprint density at radius 2 is 2.16 bits per heavy atom. The summed E-state index contributed by atoms with van der Waals surface area (Å²) in [5, 5.41) is 3.68. The summed E-state index contributed by atoms with van der Waals surface area (Å²) >= 11 is 1.37. The van der Waals surface area contributed by atoms with Gasteiger partial charge in [-0.25, -0.2) is 4.98 Å². The third kappa shape index (κ3) is 2.85. The molecule has 3 N–H and O–H groups in total. The molecule has 1 amide bonds. The maximum Gasteiger partial charge on any atom is 0.267 e. The number of rotatable bonds is 3. The minimum atomic E-state index is -0.189. The highest BCUT2D eigenvalue weighted by Crippen LogP contribution is 2.28. The van der Waals surface area contributed by atoms with Crippen molar-refractivity contribution < 1.29 is 9.53 Å². The molecule has 0 saturated carbocycles. The topological polar surface area (TPSA) is 77.2 Å². The van der Waals surface area contributed by atoms with E-state index in [4.69, 9.17) is 10.5 Å². The maximum atomic E-state index is 12.2. The molecular weight excluding hydrogens is 262 g/mol. The monoisotopic (exact) mass is 277 g/mol. The number of carbonyl (C=O) groups is 1. The maximum absolute atomic E-state index is 12.2. The second-order valence-electron chi connectivity index (χ2n) is 4.06. The Balaban J connectivity index is 2.26. The smallest absolute Gasteiger partial charge is 0.267 e. The summed E-state index contributed by atoms with van der Waals surface area (Å²) in [7, 11) is 1.53. The molecule has 6 heteroatoms. The molecule has 1 aromatic heterocycles. The highest BCUT2D eigenvalue weighted by Gasteiger charge is 2.15. The Kier molecular flexibility index (Phi) is 3.71. The molecule has 0 radical (unpaired) electrons. The minimum Gasteiger partial charge on any atom is -0.494 e. The molecule has 0 aliphatic carbocycles. The van der Waals surface area contributed by atoms with Gasteiger partial charge >= 0.3 is 0 Å². The molecule has 2 rings (SSSR count). The molecule has 0 aliphatic heterocycles. The second-order valence-corrected chi connectivity index (χ2v) is 5.26. The Morgan fingerprint density at radius 1 is 1.42 bits per heavy atom. The summed E-state index contributed by atoms with van der Waals surface area (Å²) < 4.78 is 5.19. The number of nitrogen functional groups attached to an aromatic ring is 1. The van der Waals surface area contributed by atoms with Gasteiger partial charge in [0.25, 0.3) is 5.91 Å². The molecule has 0 bridgehead atoms. The first-order valence-corrected chi connectivity index (χ1v) is 6.52. The van der Waals surface area contributed by atoms with E-state index in [2.05, 4.69) is 10.3 Å². The van der Waals surface area contributed by atoms with Gasteiger partial charge in [0.15, 0.2) is 0 Å². The average molecular weight is 277 g/mol. The number of benzene rings is 1. The lowest BCUT2D eigenvalue weighted by Crippen LogP contribution is -2.12. The van der Waals surface area contributed by atoms with Crippen molar-refractivity contribution in [1.29, 1.82) is 0 Å². The zero-order valence-corrected chi connectivity index (χ0v) is 11.8. The van der Waals surface area contributed by atoms with E-state index in [0.717, 1.165) is 10.7 Å². The normalized spacial score (nSPS) is 10.3. The number of carbonyl (C=O) groups excluding carboxylic acids is 1. The molecule has 19 heavy (non-hydrogen) atoms. The summed E-state index contributed by atoms with van der Waals surface area (Å²) in [6, 6.07) is 5.10. The van der Waals surface area contributed by atoms with Crippen molar-refractivity contribution in [2.24, 2.45) is 0 Å². The number of nitrogens with two attached hydrogens (primary N) is 1. The SMILES string of the molecule is COc1cc(N)ccc1NC(=O)c1sc(C)nc1C. The fraction of sp³-hybridized carbons (Fsp3) is 0.231. The standard InChI is InChI=1S/C13H15N3O2S/c1-7-12(19-8(2)15-7)13(17)16-10-5-4-9(14)6-11(10)18-3/h4-6H,14H2,1-3H3,(H,16,17). The van der Waals surface area contributed by atoms with Gasteiger partial charge < -0.3 is 15.8 Å². The van der Waals surface area contributed by atoms with Crippen LogP contribution >= 0.6 is 11.3 Å². The van der Waals surface area contributed by atoms with Crippen LogP contribution in [-0.4, -0.2) is 18.0 Å². The molecule has 1 heterocycles. The molecule has 100 valence electrons. The highest BCUT2D eigenvalue weighted by molar-refractivity contribution is 7.13. The van der Waals surface area contributed by atoms with Crippen LogP contribution in [0.4, 0.5) is 11.4 Å². The third-order valence-electron chi connectivity index (χ3n) is 2.58. The fourth-order valence-electron chi connectivity index (χ4n) is 1.73. The summed E-state index contributed by atoms with van der Waals surface area (Å²) in [5.74, 6) is 0.346. The Labute approximate surface area is 115 Å². The van der Waals surface area contributed by atoms with Crippen LogP contribution in [0.15, 0.2) is 18.2 Å². The van der Waals surface area contributed by atoms with E-state index in [9.17, 15) is 4.79 Å². The van der Waals surface area contributed by atoms with E-state index >= 15 is 0 Å². The highest BCUT2D eigenvalue weighted by atomic mass is 32.1. The van der Waals surface area contributed by atoms with Crippen LogP contribution in [0.1, 0.15) is 20.4 Å². The number of nitrogens with zero attached hydrogens (tertiary/aromatic N) is 1. The number of nitrogens with one attached hydrogen (secondary N) is 1. The number of thiazole rings is 1. The Hall–Kier alpha value is -2.08. The van der Waals surface area contributed by atoms with Gasteiger partial charge in [0, 0.05) is 11.8 Å². The van der Waals surface area contributed by atoms with E-state index in [1.807, 2.05) is 13.8 Å². The number of hydrogen-bond acceptors (Lipinski definition) is 5. The molecule has 0 aliphatic rings. The van der Waals surface area contributed by atoms with Crippen LogP contribution in [0.2, 0.25) is 0 Å². The molecule has 0 spiro atoms. The van der Waals surface area contributed by atoms with E-state index < -0.39 is 0 Å². The first-order chi connectivity index (χ1) is 9.01. The predicted octanol–water partition coefficient (Wildman–Crippen LogP) is 2.60. The van der Waals surface area contributed by atoms with Crippen LogP contribution in [0.3, 0.4) is 0 Å². The fourth-order valence-corrected chi connectivity index (χ4v) is 2.55. The zero-order chi connectivity index (χ0) is 14.0. The number of aryl methyl sites for hydroxylation is 2. The molecule has 0 fully saturated rings. The van der Waals surface area contributed by atoms with E-state index in [0.29, 0.717) is 22.0 Å². The van der Waals surface area contributed by atoms with Gasteiger partial charge in [0.1, 0.15) is 10.6 Å². The molecule has 0 atom stereocenters. The van der Waals surface area contributed by atoms with Gasteiger partial charge in [-0.1, -0.05) is 0 Å². The number of methoxy groups -OCH3 is 1. The van der Waals surface area contributed by atoms with Crippen molar-refractivity contribution in [2.75, 3.05) is 18.2 Å². The van der Waals surface area contributed by atoms with Gasteiger partial charge in [-0.2, -0.15) is 0 Å². The van der Waals surface area contributed by atoms with Crippen molar-refractivity contribution in [3.63, 3.8) is 0 Å². The largest absolute Gasteiger partial charge is 0.494 e. The minimum absolute atomic E-state index is 0.189. The molecule has 5 nitrogen and oxygen atoms in total. The quantitative estimate of drug-likeness (QED) is 0.845. The molecular formula is C13H15N3O2S. The Morgan fingerprint density at radius 3 is 2.74 bits per heavy atom. The van der Waals surface area contributed by atoms with Crippen LogP contribution in [0.5, 0.6) is 5.75 Å². The van der Waals surface area contributed by atoms with Gasteiger partial charge in [-0.15, -0.1) is 11.3 Å². The van der Waals surface area contributed by atoms with Gasteiger partial charge in [0.2, 0.25) is 0 Å². The first kappa shape index (κ1) is 13.4. The molecule has 1 aromatic carbocycles. The number of anilines is 2. The van der Waals surface area contributed by atoms with Crippen molar-refractivity contribution in [2.45, 2.75) is 13.8 Å². The first-order valence-electron chi connectivity index (χ1n) is 5.70. The van der Waals surface area contributed by atoms with Crippen molar-refractivity contribution >= 4 is 28.6 Å². The summed E-state index contributed by atoms with van der Waals surface area (Å²) in [4.78, 5) is 17.0. The lowest BCUT2D eigenvalue weighted by molar-refractivity contribution is 0.102. The number of ether oxygens (including phenoxy) is 1. The zero-order valence-electron chi connectivity index (χ0n) is 11.0. The van der Waals surface area contributed by atoms with Crippen molar-refractivity contribution in [1.82, 2.24) is 4.98 Å². The second kappa shape index (κ2) is 5.27. The van der Waals surface area contributed by atoms with Crippen LogP contribution in [-0.2, 0) is 0 Å². The van der Waals surface area contributed by atoms with Crippen LogP contribution in [0.25, 0.3) is 0 Å². The lowest BCUT2D eigenvalue weighted by Gasteiger charge is -2.10. The van der Waals surface area contributed by atoms with Gasteiger partial charge in [-0.05, 0) is 26.0 Å². The molecule has 2 aromatic rings. The van der Waals surface area contributed by atoms with Crippen molar-refractivity contribution in [3.8, 4) is 5.75 Å². The van der Waals surface area contributed by atoms with Crippen LogP contribution < -0.4 is 15.8 Å². The van der Waals surface area contributed by atoms with E-state index in [1.165, 1.54) is 18.4 Å². The predicted molar refractivity (Wildman–Crippen MR) is 76.9 cm³/mol. The average Bonchev–Trinajstić information content (AvgIpc) is 2.70. The lowest BCUT2D eigenvalue weighted by atomic mass is 10.2. The van der Waals surface area contributed by atoms with E-state index in [1.54, 1.807) is 18.2 Å². The van der Waals surface area contributed by atoms with Gasteiger partial charge in [0.05, 0.1) is 23.5 Å². The van der Waals surface area contributed by atoms with E-state index in [-0.39, 0.29) is 5.91 Å².